The third-order valence-corrected chi connectivity index (χ3v) is 8.73. The second-order valence-corrected chi connectivity index (χ2v) is 11.8. The van der Waals surface area contributed by atoms with Crippen molar-refractivity contribution in [2.45, 2.75) is 61.6 Å². The number of aliphatic hydroxyl groups excluding tert-OH is 1. The molecule has 2 saturated heterocycles. The van der Waals surface area contributed by atoms with Gasteiger partial charge in [0.25, 0.3) is 0 Å². The molecule has 2 amide bonds. The van der Waals surface area contributed by atoms with Crippen LogP contribution >= 0.6 is 11.8 Å². The molecule has 8 heteroatoms. The van der Waals surface area contributed by atoms with Crippen LogP contribution in [-0.2, 0) is 19.1 Å². The summed E-state index contributed by atoms with van der Waals surface area (Å²) in [5.41, 5.74) is -0.402. The van der Waals surface area contributed by atoms with E-state index in [4.69, 9.17) is 4.74 Å². The van der Waals surface area contributed by atoms with Gasteiger partial charge in [-0.15, -0.1) is 11.8 Å². The van der Waals surface area contributed by atoms with Gasteiger partial charge in [0.2, 0.25) is 11.8 Å². The zero-order valence-corrected chi connectivity index (χ0v) is 19.5. The van der Waals surface area contributed by atoms with Crippen molar-refractivity contribution in [1.82, 2.24) is 9.80 Å². The number of fused-ring (bicyclic) bond motifs is 2. The fraction of sp³-hybridized carbons (Fsp3) is 0.696. The van der Waals surface area contributed by atoms with Crippen LogP contribution in [0.3, 0.4) is 0 Å². The van der Waals surface area contributed by atoms with E-state index in [1.807, 2.05) is 56.9 Å². The Morgan fingerprint density at radius 3 is 2.55 bits per heavy atom. The first kappa shape index (κ1) is 22.4. The van der Waals surface area contributed by atoms with Crippen molar-refractivity contribution in [1.29, 1.82) is 0 Å². The highest BCUT2D eigenvalue weighted by molar-refractivity contribution is 8.02. The molecule has 4 aliphatic heterocycles. The summed E-state index contributed by atoms with van der Waals surface area (Å²) in [6, 6.07) is -0.684. The summed E-state index contributed by atoms with van der Waals surface area (Å²) in [5, 5.41) is 9.24. The van der Waals surface area contributed by atoms with E-state index in [1.165, 1.54) is 0 Å². The molecular formula is C23H32N2O5S. The first-order valence-electron chi connectivity index (χ1n) is 11.0. The minimum atomic E-state index is -0.826. The molecule has 1 spiro atoms. The number of rotatable bonds is 4. The standard InChI is InChI=1S/C23H32N2O5S/c1-21(2,3)25-12-7-10-23-15(16-20(29)30-14-8-9-22(16,4)31-23)18(27)24(11-5-6-13-26)17(23)19(25)28/h7-10,15-17,26H,5-6,11-14H2,1-4H3/t15-,16-,17?,22+,23-/m0/s1. The molecule has 31 heavy (non-hydrogen) atoms. The highest BCUT2D eigenvalue weighted by Crippen LogP contribution is 2.65. The van der Waals surface area contributed by atoms with Crippen LogP contribution in [0.2, 0.25) is 0 Å². The molecule has 1 N–H and O–H groups in total. The van der Waals surface area contributed by atoms with Crippen molar-refractivity contribution >= 4 is 29.5 Å². The number of nitrogens with zero attached hydrogens (tertiary/aromatic N) is 2. The Morgan fingerprint density at radius 1 is 1.13 bits per heavy atom. The van der Waals surface area contributed by atoms with Crippen LogP contribution in [0.15, 0.2) is 24.3 Å². The second-order valence-electron chi connectivity index (χ2n) is 10.0. The summed E-state index contributed by atoms with van der Waals surface area (Å²) in [6.45, 7) is 9.05. The lowest BCUT2D eigenvalue weighted by atomic mass is 9.75. The molecule has 0 radical (unpaired) electrons. The Labute approximate surface area is 187 Å². The zero-order valence-electron chi connectivity index (χ0n) is 18.7. The molecule has 0 aromatic heterocycles. The van der Waals surface area contributed by atoms with Crippen molar-refractivity contribution in [3.05, 3.63) is 24.3 Å². The number of amides is 2. The summed E-state index contributed by atoms with van der Waals surface area (Å²) in [7, 11) is 0. The molecule has 0 saturated carbocycles. The smallest absolute Gasteiger partial charge is 0.311 e. The van der Waals surface area contributed by atoms with Gasteiger partial charge in [-0.1, -0.05) is 18.2 Å². The van der Waals surface area contributed by atoms with E-state index in [-0.39, 0.29) is 31.0 Å². The van der Waals surface area contributed by atoms with Crippen LogP contribution in [-0.4, -0.2) is 80.1 Å². The monoisotopic (exact) mass is 448 g/mol. The van der Waals surface area contributed by atoms with E-state index in [1.54, 1.807) is 16.7 Å². The average Bonchev–Trinajstić information content (AvgIpc) is 2.92. The van der Waals surface area contributed by atoms with Crippen LogP contribution in [0.1, 0.15) is 40.5 Å². The number of unbranched alkanes of at least 4 members (excludes halogenated alkanes) is 1. The maximum atomic E-state index is 14.0. The van der Waals surface area contributed by atoms with E-state index >= 15 is 0 Å². The molecule has 4 rings (SSSR count). The number of carbonyl (C=O) groups excluding carboxylic acids is 3. The van der Waals surface area contributed by atoms with Crippen molar-refractivity contribution in [2.24, 2.45) is 11.8 Å². The summed E-state index contributed by atoms with van der Waals surface area (Å²) < 4.78 is 3.97. The highest BCUT2D eigenvalue weighted by atomic mass is 32.2. The molecule has 1 unspecified atom stereocenters. The topological polar surface area (TPSA) is 87.2 Å². The minimum Gasteiger partial charge on any atom is -0.461 e. The zero-order chi connectivity index (χ0) is 22.6. The maximum Gasteiger partial charge on any atom is 0.311 e. The molecule has 5 atom stereocenters. The van der Waals surface area contributed by atoms with Gasteiger partial charge in [-0.05, 0) is 46.6 Å². The van der Waals surface area contributed by atoms with Gasteiger partial charge in [0.1, 0.15) is 12.6 Å². The van der Waals surface area contributed by atoms with Crippen LogP contribution in [0.5, 0.6) is 0 Å². The van der Waals surface area contributed by atoms with E-state index in [0.717, 1.165) is 0 Å². The lowest BCUT2D eigenvalue weighted by Gasteiger charge is -2.41. The lowest BCUT2D eigenvalue weighted by Crippen LogP contribution is -2.57. The predicted octanol–water partition coefficient (Wildman–Crippen LogP) is 1.76. The highest BCUT2D eigenvalue weighted by Gasteiger charge is 2.74. The third-order valence-electron chi connectivity index (χ3n) is 6.93. The predicted molar refractivity (Wildman–Crippen MR) is 118 cm³/mol. The van der Waals surface area contributed by atoms with Gasteiger partial charge >= 0.3 is 5.97 Å². The number of carbonyl (C=O) groups is 3. The molecule has 0 bridgehead atoms. The Balaban J connectivity index is 1.84. The quantitative estimate of drug-likeness (QED) is 0.401. The Bertz CT molecular complexity index is 849. The van der Waals surface area contributed by atoms with Crippen molar-refractivity contribution < 1.29 is 24.2 Å². The molecule has 4 heterocycles. The number of cyclic esters (lactones) is 1. The molecule has 4 aliphatic rings. The van der Waals surface area contributed by atoms with Crippen LogP contribution < -0.4 is 0 Å². The van der Waals surface area contributed by atoms with Gasteiger partial charge in [0, 0.05) is 30.0 Å². The van der Waals surface area contributed by atoms with Gasteiger partial charge < -0.3 is 19.6 Å². The summed E-state index contributed by atoms with van der Waals surface area (Å²) >= 11 is 1.56. The van der Waals surface area contributed by atoms with Gasteiger partial charge in [0.05, 0.1) is 16.6 Å². The largest absolute Gasteiger partial charge is 0.461 e. The Morgan fingerprint density at radius 2 is 1.87 bits per heavy atom. The van der Waals surface area contributed by atoms with E-state index < -0.39 is 32.9 Å². The lowest BCUT2D eigenvalue weighted by molar-refractivity contribution is -0.152. The first-order valence-corrected chi connectivity index (χ1v) is 11.8. The normalized spacial score (nSPS) is 37.3. The van der Waals surface area contributed by atoms with Crippen molar-refractivity contribution in [3.8, 4) is 0 Å². The van der Waals surface area contributed by atoms with Gasteiger partial charge in [-0.2, -0.15) is 0 Å². The Hall–Kier alpha value is -1.80. The molecule has 7 nitrogen and oxygen atoms in total. The number of esters is 1. The molecule has 2 fully saturated rings. The van der Waals surface area contributed by atoms with Crippen molar-refractivity contribution in [2.75, 3.05) is 26.3 Å². The molecule has 0 aromatic rings. The van der Waals surface area contributed by atoms with E-state index in [2.05, 4.69) is 0 Å². The minimum absolute atomic E-state index is 0.0375. The fourth-order valence-electron chi connectivity index (χ4n) is 5.59. The summed E-state index contributed by atoms with van der Waals surface area (Å²) in [6.07, 6.45) is 8.97. The Kier molecular flexibility index (Phi) is 5.53. The number of ether oxygens (including phenoxy) is 1. The summed E-state index contributed by atoms with van der Waals surface area (Å²) in [5.74, 6) is -1.92. The molecule has 0 aliphatic carbocycles. The number of aliphatic hydroxyl groups is 1. The number of hydrogen-bond acceptors (Lipinski definition) is 6. The molecular weight excluding hydrogens is 416 g/mol. The molecule has 170 valence electrons. The second kappa shape index (κ2) is 7.66. The van der Waals surface area contributed by atoms with Gasteiger partial charge in [0.15, 0.2) is 0 Å². The van der Waals surface area contributed by atoms with Crippen molar-refractivity contribution in [3.63, 3.8) is 0 Å². The van der Waals surface area contributed by atoms with Crippen LogP contribution in [0, 0.1) is 11.8 Å². The van der Waals surface area contributed by atoms with E-state index in [9.17, 15) is 19.5 Å². The third kappa shape index (κ3) is 3.33. The van der Waals surface area contributed by atoms with Crippen LogP contribution in [0.25, 0.3) is 0 Å². The van der Waals surface area contributed by atoms with Gasteiger partial charge in [-0.3, -0.25) is 14.4 Å². The molecule has 0 aromatic carbocycles. The fourth-order valence-corrected chi connectivity index (χ4v) is 7.75. The van der Waals surface area contributed by atoms with E-state index in [0.29, 0.717) is 25.9 Å². The first-order chi connectivity index (χ1) is 14.6. The number of thioether (sulfide) groups is 1. The average molecular weight is 449 g/mol. The summed E-state index contributed by atoms with van der Waals surface area (Å²) in [4.78, 5) is 44.3. The van der Waals surface area contributed by atoms with Crippen LogP contribution in [0.4, 0.5) is 0 Å². The van der Waals surface area contributed by atoms with Gasteiger partial charge in [-0.25, -0.2) is 0 Å². The maximum absolute atomic E-state index is 14.0. The number of hydrogen-bond donors (Lipinski definition) is 1. The SMILES string of the molecule is CC(C)(C)N1CC=C[C@]23S[C@]4(C)C=CCOC(=O)[C@@H]4[C@H]2C(=O)N(CCCCO)C3C1=O. The number of likely N-dealkylation sites (tertiary alicyclic amines) is 1.